The first-order valence-corrected chi connectivity index (χ1v) is 7.18. The van der Waals surface area contributed by atoms with Crippen LogP contribution in [-0.2, 0) is 6.42 Å². The topological polar surface area (TPSA) is 33.2 Å². The van der Waals surface area contributed by atoms with Crippen LogP contribution in [0.1, 0.15) is 15.9 Å². The molecule has 0 spiro atoms. The van der Waals surface area contributed by atoms with Gasteiger partial charge in [-0.25, -0.2) is 4.39 Å². The smallest absolute Gasteiger partial charge is 0.258 e. The molecule has 0 radical (unpaired) electrons. The van der Waals surface area contributed by atoms with Gasteiger partial charge in [0.05, 0.1) is 11.2 Å². The number of nitrogens with zero attached hydrogens (tertiary/aromatic N) is 2. The Hall–Kier alpha value is -2.75. The van der Waals surface area contributed by atoms with Gasteiger partial charge in [-0.2, -0.15) is 0 Å². The Morgan fingerprint density at radius 1 is 1.14 bits per heavy atom. The predicted octanol–water partition coefficient (Wildman–Crippen LogP) is 3.58. The molecule has 4 heteroatoms. The van der Waals surface area contributed by atoms with E-state index in [9.17, 15) is 9.18 Å². The summed E-state index contributed by atoms with van der Waals surface area (Å²) in [7, 11) is 0. The lowest BCUT2D eigenvalue weighted by molar-refractivity contribution is 0.0991. The Morgan fingerprint density at radius 2 is 2.05 bits per heavy atom. The van der Waals surface area contributed by atoms with Crippen LogP contribution in [0.5, 0.6) is 0 Å². The van der Waals surface area contributed by atoms with Crippen molar-refractivity contribution in [1.82, 2.24) is 4.98 Å². The van der Waals surface area contributed by atoms with Crippen LogP contribution in [0.25, 0.3) is 10.9 Å². The third-order valence-electron chi connectivity index (χ3n) is 4.06. The lowest BCUT2D eigenvalue weighted by Gasteiger charge is -2.18. The summed E-state index contributed by atoms with van der Waals surface area (Å²) in [6.45, 7) is 0.578. The SMILES string of the molecule is O=C(c1cccc2ncccc12)N1CCc2ccc(F)cc21. The highest BCUT2D eigenvalue weighted by atomic mass is 19.1. The maximum absolute atomic E-state index is 13.5. The molecule has 0 saturated carbocycles. The van der Waals surface area contributed by atoms with Crippen LogP contribution < -0.4 is 4.90 Å². The number of amides is 1. The molecule has 1 aliphatic rings. The lowest BCUT2D eigenvalue weighted by atomic mass is 10.1. The number of hydrogen-bond donors (Lipinski definition) is 0. The Bertz CT molecular complexity index is 886. The van der Waals surface area contributed by atoms with Gasteiger partial charge in [0.25, 0.3) is 5.91 Å². The molecule has 108 valence electrons. The molecule has 0 unspecified atom stereocenters. The van der Waals surface area contributed by atoms with Crippen molar-refractivity contribution in [3.63, 3.8) is 0 Å². The number of carbonyl (C=O) groups excluding carboxylic acids is 1. The first kappa shape index (κ1) is 13.0. The van der Waals surface area contributed by atoms with Gasteiger partial charge in [-0.05, 0) is 42.3 Å². The van der Waals surface area contributed by atoms with E-state index in [2.05, 4.69) is 4.98 Å². The summed E-state index contributed by atoms with van der Waals surface area (Å²) < 4.78 is 13.5. The van der Waals surface area contributed by atoms with Gasteiger partial charge in [-0.1, -0.05) is 18.2 Å². The second kappa shape index (κ2) is 4.91. The number of carbonyl (C=O) groups is 1. The molecule has 0 saturated heterocycles. The second-order valence-corrected chi connectivity index (χ2v) is 5.36. The van der Waals surface area contributed by atoms with Gasteiger partial charge in [0.15, 0.2) is 0 Å². The van der Waals surface area contributed by atoms with Crippen molar-refractivity contribution in [2.75, 3.05) is 11.4 Å². The average Bonchev–Trinajstić information content (AvgIpc) is 2.96. The van der Waals surface area contributed by atoms with Gasteiger partial charge in [0.2, 0.25) is 0 Å². The van der Waals surface area contributed by atoms with Crippen molar-refractivity contribution in [1.29, 1.82) is 0 Å². The van der Waals surface area contributed by atoms with E-state index in [-0.39, 0.29) is 11.7 Å². The third kappa shape index (κ3) is 1.96. The molecule has 22 heavy (non-hydrogen) atoms. The Morgan fingerprint density at radius 3 is 2.95 bits per heavy atom. The third-order valence-corrected chi connectivity index (χ3v) is 4.06. The molecule has 3 nitrogen and oxygen atoms in total. The molecule has 2 heterocycles. The lowest BCUT2D eigenvalue weighted by Crippen LogP contribution is -2.29. The molecule has 3 aromatic rings. The number of halogens is 1. The van der Waals surface area contributed by atoms with E-state index in [0.29, 0.717) is 17.8 Å². The fourth-order valence-corrected chi connectivity index (χ4v) is 3.00. The van der Waals surface area contributed by atoms with Crippen molar-refractivity contribution in [2.24, 2.45) is 0 Å². The standard InChI is InChI=1S/C18H13FN2O/c19-13-7-6-12-8-10-21(17(12)11-13)18(22)15-3-1-5-16-14(15)4-2-9-20-16/h1-7,9,11H,8,10H2. The molecule has 2 aromatic carbocycles. The molecule has 4 rings (SSSR count). The average molecular weight is 292 g/mol. The highest BCUT2D eigenvalue weighted by molar-refractivity contribution is 6.14. The van der Waals surface area contributed by atoms with E-state index in [1.807, 2.05) is 24.3 Å². The monoisotopic (exact) mass is 292 g/mol. The van der Waals surface area contributed by atoms with Crippen molar-refractivity contribution in [3.8, 4) is 0 Å². The fraction of sp³-hybridized carbons (Fsp3) is 0.111. The van der Waals surface area contributed by atoms with Crippen LogP contribution in [0.2, 0.25) is 0 Å². The Labute approximate surface area is 127 Å². The van der Waals surface area contributed by atoms with Gasteiger partial charge in [-0.15, -0.1) is 0 Å². The first-order valence-electron chi connectivity index (χ1n) is 7.18. The highest BCUT2D eigenvalue weighted by Crippen LogP contribution is 2.31. The molecule has 1 amide bonds. The summed E-state index contributed by atoms with van der Waals surface area (Å²) in [4.78, 5) is 18.8. The minimum atomic E-state index is -0.321. The van der Waals surface area contributed by atoms with E-state index in [1.165, 1.54) is 12.1 Å². The Kier molecular flexibility index (Phi) is 2.89. The fourth-order valence-electron chi connectivity index (χ4n) is 3.00. The van der Waals surface area contributed by atoms with E-state index in [4.69, 9.17) is 0 Å². The Balaban J connectivity index is 1.82. The van der Waals surface area contributed by atoms with E-state index >= 15 is 0 Å². The van der Waals surface area contributed by atoms with E-state index in [0.717, 1.165) is 22.9 Å². The van der Waals surface area contributed by atoms with Crippen LogP contribution in [0.4, 0.5) is 10.1 Å². The summed E-state index contributed by atoms with van der Waals surface area (Å²) >= 11 is 0. The summed E-state index contributed by atoms with van der Waals surface area (Å²) in [5.74, 6) is -0.430. The molecule has 0 N–H and O–H groups in total. The zero-order chi connectivity index (χ0) is 15.1. The number of rotatable bonds is 1. The molecule has 0 atom stereocenters. The molecular formula is C18H13FN2O. The molecular weight excluding hydrogens is 279 g/mol. The second-order valence-electron chi connectivity index (χ2n) is 5.36. The summed E-state index contributed by atoms with van der Waals surface area (Å²) in [5, 5.41) is 0.819. The normalized spacial score (nSPS) is 13.4. The maximum Gasteiger partial charge on any atom is 0.258 e. The summed E-state index contributed by atoms with van der Waals surface area (Å²) in [6.07, 6.45) is 2.46. The van der Waals surface area contributed by atoms with Gasteiger partial charge < -0.3 is 4.90 Å². The van der Waals surface area contributed by atoms with Gasteiger partial charge >= 0.3 is 0 Å². The molecule has 0 aliphatic carbocycles. The van der Waals surface area contributed by atoms with Crippen LogP contribution in [0.15, 0.2) is 54.7 Å². The van der Waals surface area contributed by atoms with Crippen molar-refractivity contribution >= 4 is 22.5 Å². The maximum atomic E-state index is 13.5. The predicted molar refractivity (Wildman–Crippen MR) is 83.5 cm³/mol. The minimum absolute atomic E-state index is 0.108. The number of fused-ring (bicyclic) bond motifs is 2. The van der Waals surface area contributed by atoms with Gasteiger partial charge in [0, 0.05) is 23.7 Å². The van der Waals surface area contributed by atoms with Gasteiger partial charge in [0.1, 0.15) is 5.82 Å². The largest absolute Gasteiger partial charge is 0.308 e. The quantitative estimate of drug-likeness (QED) is 0.687. The van der Waals surface area contributed by atoms with Crippen LogP contribution in [-0.4, -0.2) is 17.4 Å². The zero-order valence-corrected chi connectivity index (χ0v) is 11.8. The van der Waals surface area contributed by atoms with Crippen LogP contribution in [0.3, 0.4) is 0 Å². The van der Waals surface area contributed by atoms with E-state index in [1.54, 1.807) is 23.2 Å². The highest BCUT2D eigenvalue weighted by Gasteiger charge is 2.26. The van der Waals surface area contributed by atoms with E-state index < -0.39 is 0 Å². The number of hydrogen-bond acceptors (Lipinski definition) is 2. The zero-order valence-electron chi connectivity index (χ0n) is 11.8. The van der Waals surface area contributed by atoms with Crippen LogP contribution in [0, 0.1) is 5.82 Å². The molecule has 1 aliphatic heterocycles. The summed E-state index contributed by atoms with van der Waals surface area (Å²) in [5.41, 5.74) is 3.06. The summed E-state index contributed by atoms with van der Waals surface area (Å²) in [6, 6.07) is 13.8. The van der Waals surface area contributed by atoms with Crippen molar-refractivity contribution in [3.05, 3.63) is 71.7 Å². The van der Waals surface area contributed by atoms with Crippen LogP contribution >= 0.6 is 0 Å². The minimum Gasteiger partial charge on any atom is -0.308 e. The van der Waals surface area contributed by atoms with Crippen molar-refractivity contribution < 1.29 is 9.18 Å². The number of benzene rings is 2. The molecule has 0 fully saturated rings. The first-order chi connectivity index (χ1) is 10.7. The number of aromatic nitrogens is 1. The van der Waals surface area contributed by atoms with Crippen molar-refractivity contribution in [2.45, 2.75) is 6.42 Å². The molecule has 1 aromatic heterocycles. The molecule has 0 bridgehead atoms. The number of pyridine rings is 1. The number of anilines is 1. The van der Waals surface area contributed by atoms with Gasteiger partial charge in [-0.3, -0.25) is 9.78 Å².